The second-order valence-electron chi connectivity index (χ2n) is 6.11. The van der Waals surface area contributed by atoms with Crippen molar-refractivity contribution in [2.75, 3.05) is 6.61 Å². The quantitative estimate of drug-likeness (QED) is 0.809. The minimum absolute atomic E-state index is 0.157. The van der Waals surface area contributed by atoms with Crippen LogP contribution in [0.2, 0.25) is 0 Å². The molecule has 6 heteroatoms. The number of carbonyl (C=O) groups is 2. The molecule has 1 aliphatic carbocycles. The zero-order valence-corrected chi connectivity index (χ0v) is 12.0. The summed E-state index contributed by atoms with van der Waals surface area (Å²) in [5, 5.41) is 16.7. The van der Waals surface area contributed by atoms with Crippen LogP contribution in [0.1, 0.15) is 35.6 Å². The molecule has 2 amide bonds. The molecule has 1 aromatic carbocycles. The lowest BCUT2D eigenvalue weighted by Gasteiger charge is -2.18. The highest BCUT2D eigenvalue weighted by molar-refractivity contribution is 6.02. The summed E-state index contributed by atoms with van der Waals surface area (Å²) in [5.41, 5.74) is 3.59. The van der Waals surface area contributed by atoms with Crippen molar-refractivity contribution in [2.45, 2.75) is 31.6 Å². The number of benzene rings is 1. The number of rotatable bonds is 2. The Bertz CT molecular complexity index is 780. The number of aliphatic hydroxyl groups excluding tert-OH is 1. The van der Waals surface area contributed by atoms with Crippen molar-refractivity contribution in [3.63, 3.8) is 0 Å². The van der Waals surface area contributed by atoms with Crippen LogP contribution in [0.4, 0.5) is 0 Å². The summed E-state index contributed by atoms with van der Waals surface area (Å²) in [4.78, 5) is 23.3. The number of nitrogens with zero attached hydrogens (tertiary/aromatic N) is 1. The van der Waals surface area contributed by atoms with Crippen molar-refractivity contribution in [2.24, 2.45) is 5.92 Å². The first-order valence-corrected chi connectivity index (χ1v) is 7.52. The van der Waals surface area contributed by atoms with E-state index in [1.54, 1.807) is 0 Å². The first-order valence-electron chi connectivity index (χ1n) is 7.52. The number of amides is 2. The highest BCUT2D eigenvalue weighted by Gasteiger charge is 2.33. The summed E-state index contributed by atoms with van der Waals surface area (Å²) in [6.07, 6.45) is 2.40. The van der Waals surface area contributed by atoms with Crippen LogP contribution in [0.3, 0.4) is 0 Å². The van der Waals surface area contributed by atoms with E-state index in [2.05, 4.69) is 10.5 Å². The maximum absolute atomic E-state index is 12.0. The third-order valence-corrected chi connectivity index (χ3v) is 4.70. The van der Waals surface area contributed by atoms with Crippen molar-refractivity contribution in [3.05, 3.63) is 29.0 Å². The first-order chi connectivity index (χ1) is 10.7. The highest BCUT2D eigenvalue weighted by atomic mass is 16.5. The molecule has 0 radical (unpaired) electrons. The van der Waals surface area contributed by atoms with Crippen LogP contribution in [-0.2, 0) is 22.4 Å². The lowest BCUT2D eigenvalue weighted by atomic mass is 9.92. The topological polar surface area (TPSA) is 92.4 Å². The van der Waals surface area contributed by atoms with E-state index in [-0.39, 0.29) is 24.3 Å². The van der Waals surface area contributed by atoms with Gasteiger partial charge in [0.15, 0.2) is 5.58 Å². The van der Waals surface area contributed by atoms with Gasteiger partial charge in [0.25, 0.3) is 0 Å². The molecule has 4 rings (SSSR count). The normalized spacial score (nSPS) is 24.6. The second-order valence-corrected chi connectivity index (χ2v) is 6.11. The molecule has 2 aromatic rings. The van der Waals surface area contributed by atoms with Crippen LogP contribution >= 0.6 is 0 Å². The minimum Gasteiger partial charge on any atom is -0.396 e. The molecule has 0 spiro atoms. The lowest BCUT2D eigenvalue weighted by Crippen LogP contribution is -2.39. The van der Waals surface area contributed by atoms with Crippen LogP contribution in [-0.4, -0.2) is 28.7 Å². The predicted molar refractivity (Wildman–Crippen MR) is 77.1 cm³/mol. The van der Waals surface area contributed by atoms with Gasteiger partial charge in [-0.15, -0.1) is 0 Å². The van der Waals surface area contributed by atoms with Gasteiger partial charge in [-0.3, -0.25) is 14.9 Å². The van der Waals surface area contributed by atoms with Gasteiger partial charge in [-0.1, -0.05) is 11.2 Å². The van der Waals surface area contributed by atoms with Crippen molar-refractivity contribution < 1.29 is 19.2 Å². The summed E-state index contributed by atoms with van der Waals surface area (Å²) in [7, 11) is 0. The molecule has 1 aliphatic heterocycles. The molecule has 1 fully saturated rings. The molecule has 1 unspecified atom stereocenters. The number of fused-ring (bicyclic) bond motifs is 3. The van der Waals surface area contributed by atoms with E-state index in [0.717, 1.165) is 23.8 Å². The predicted octanol–water partition coefficient (Wildman–Crippen LogP) is 1.06. The number of nitrogens with one attached hydrogen (secondary N) is 1. The van der Waals surface area contributed by atoms with Crippen LogP contribution < -0.4 is 5.32 Å². The molecule has 0 saturated carbocycles. The standard InChI is InChI=1S/C16H16N2O4/c19-7-8-5-9-1-2-10-14(18-22-15(10)12(9)6-8)11-3-4-13(20)17-16(11)21/h1-2,8,11,19H,3-7H2,(H,17,20,21)/t8-,11?/m1/s1. The monoisotopic (exact) mass is 300 g/mol. The number of aliphatic hydroxyl groups is 1. The zero-order chi connectivity index (χ0) is 15.3. The number of carbonyl (C=O) groups excluding carboxylic acids is 2. The number of piperidine rings is 1. The molecule has 2 heterocycles. The van der Waals surface area contributed by atoms with E-state index >= 15 is 0 Å². The van der Waals surface area contributed by atoms with Crippen LogP contribution in [0.5, 0.6) is 0 Å². The van der Waals surface area contributed by atoms with Crippen molar-refractivity contribution in [3.8, 4) is 0 Å². The van der Waals surface area contributed by atoms with Crippen LogP contribution in [0, 0.1) is 5.92 Å². The minimum atomic E-state index is -0.438. The smallest absolute Gasteiger partial charge is 0.235 e. The summed E-state index contributed by atoms with van der Waals surface area (Å²) in [6.45, 7) is 0.157. The molecule has 22 heavy (non-hydrogen) atoms. The summed E-state index contributed by atoms with van der Waals surface area (Å²) in [5.74, 6) is -0.752. The fraction of sp³-hybridized carbons (Fsp3) is 0.438. The maximum atomic E-state index is 12.0. The summed E-state index contributed by atoms with van der Waals surface area (Å²) >= 11 is 0. The van der Waals surface area contributed by atoms with E-state index in [4.69, 9.17) is 4.52 Å². The molecule has 114 valence electrons. The van der Waals surface area contributed by atoms with Gasteiger partial charge in [0.1, 0.15) is 5.69 Å². The van der Waals surface area contributed by atoms with E-state index < -0.39 is 5.92 Å². The van der Waals surface area contributed by atoms with Crippen molar-refractivity contribution >= 4 is 22.8 Å². The number of aromatic nitrogens is 1. The SMILES string of the molecule is O=C1CCC(c2noc3c4c(ccc23)C[C@@H](CO)C4)C(=O)N1. The summed E-state index contributed by atoms with van der Waals surface area (Å²) in [6, 6.07) is 3.96. The Morgan fingerprint density at radius 2 is 2.18 bits per heavy atom. The number of hydrogen-bond donors (Lipinski definition) is 2. The van der Waals surface area contributed by atoms with Gasteiger partial charge in [-0.05, 0) is 36.8 Å². The van der Waals surface area contributed by atoms with Crippen molar-refractivity contribution in [1.29, 1.82) is 0 Å². The van der Waals surface area contributed by atoms with Gasteiger partial charge >= 0.3 is 0 Å². The van der Waals surface area contributed by atoms with Crippen LogP contribution in [0.15, 0.2) is 16.7 Å². The Kier molecular flexibility index (Phi) is 3.00. The van der Waals surface area contributed by atoms with Crippen molar-refractivity contribution in [1.82, 2.24) is 10.5 Å². The third kappa shape index (κ3) is 1.94. The zero-order valence-electron chi connectivity index (χ0n) is 12.0. The van der Waals surface area contributed by atoms with E-state index in [1.807, 2.05) is 12.1 Å². The van der Waals surface area contributed by atoms with Gasteiger partial charge in [-0.2, -0.15) is 0 Å². The van der Waals surface area contributed by atoms with Gasteiger partial charge in [0.05, 0.1) is 5.92 Å². The second kappa shape index (κ2) is 4.91. The fourth-order valence-corrected chi connectivity index (χ4v) is 3.54. The van der Waals surface area contributed by atoms with E-state index in [9.17, 15) is 14.7 Å². The lowest BCUT2D eigenvalue weighted by molar-refractivity contribution is -0.134. The Morgan fingerprint density at radius 1 is 1.32 bits per heavy atom. The highest BCUT2D eigenvalue weighted by Crippen LogP contribution is 2.37. The average molecular weight is 300 g/mol. The molecule has 2 N–H and O–H groups in total. The molecule has 2 aliphatic rings. The molecule has 1 aromatic heterocycles. The fourth-order valence-electron chi connectivity index (χ4n) is 3.54. The van der Waals surface area contributed by atoms with Gasteiger partial charge in [0.2, 0.25) is 11.8 Å². The first kappa shape index (κ1) is 13.5. The Labute approximate surface area is 126 Å². The number of hydrogen-bond acceptors (Lipinski definition) is 5. The summed E-state index contributed by atoms with van der Waals surface area (Å²) < 4.78 is 5.52. The molecular formula is C16H16N2O4. The molecule has 6 nitrogen and oxygen atoms in total. The van der Waals surface area contributed by atoms with Gasteiger partial charge in [-0.25, -0.2) is 0 Å². The van der Waals surface area contributed by atoms with Crippen LogP contribution in [0.25, 0.3) is 11.0 Å². The number of imide groups is 1. The third-order valence-electron chi connectivity index (χ3n) is 4.70. The maximum Gasteiger partial charge on any atom is 0.235 e. The van der Waals surface area contributed by atoms with E-state index in [1.165, 1.54) is 5.56 Å². The van der Waals surface area contributed by atoms with Gasteiger partial charge < -0.3 is 9.63 Å². The molecular weight excluding hydrogens is 284 g/mol. The average Bonchev–Trinajstić information content (AvgIpc) is 3.09. The molecule has 0 bridgehead atoms. The Morgan fingerprint density at radius 3 is 2.95 bits per heavy atom. The largest absolute Gasteiger partial charge is 0.396 e. The van der Waals surface area contributed by atoms with E-state index in [0.29, 0.717) is 24.1 Å². The Hall–Kier alpha value is -2.21. The van der Waals surface area contributed by atoms with Gasteiger partial charge in [0, 0.05) is 24.0 Å². The molecule has 1 saturated heterocycles. The Balaban J connectivity index is 1.76. The molecule has 2 atom stereocenters.